The SMILES string of the molecule is N#CC(Cc1cc(F)c(F)c(F)c1)N=Cc1ccccc1-c1ccccc1. The molecule has 0 aliphatic rings. The summed E-state index contributed by atoms with van der Waals surface area (Å²) >= 11 is 0. The molecule has 0 radical (unpaired) electrons. The van der Waals surface area contributed by atoms with Crippen LogP contribution in [-0.2, 0) is 6.42 Å². The van der Waals surface area contributed by atoms with E-state index >= 15 is 0 Å². The highest BCUT2D eigenvalue weighted by molar-refractivity contribution is 5.90. The minimum Gasteiger partial charge on any atom is -0.274 e. The molecule has 1 atom stereocenters. The van der Waals surface area contributed by atoms with Crippen LogP contribution < -0.4 is 0 Å². The predicted molar refractivity (Wildman–Crippen MR) is 98.9 cm³/mol. The average molecular weight is 364 g/mol. The Balaban J connectivity index is 1.84. The summed E-state index contributed by atoms with van der Waals surface area (Å²) < 4.78 is 39.8. The number of hydrogen-bond donors (Lipinski definition) is 0. The molecule has 0 fully saturated rings. The molecule has 0 heterocycles. The number of halogens is 3. The van der Waals surface area contributed by atoms with E-state index in [1.807, 2.05) is 60.7 Å². The molecule has 0 aromatic heterocycles. The lowest BCUT2D eigenvalue weighted by molar-refractivity contribution is 0.445. The molecule has 0 bridgehead atoms. The fourth-order valence-corrected chi connectivity index (χ4v) is 2.74. The van der Waals surface area contributed by atoms with Crippen LogP contribution in [0.1, 0.15) is 11.1 Å². The first-order valence-electron chi connectivity index (χ1n) is 8.29. The highest BCUT2D eigenvalue weighted by Gasteiger charge is 2.14. The Hall–Kier alpha value is -3.39. The van der Waals surface area contributed by atoms with E-state index in [4.69, 9.17) is 0 Å². The van der Waals surface area contributed by atoms with Gasteiger partial charge in [-0.1, -0.05) is 54.6 Å². The summed E-state index contributed by atoms with van der Waals surface area (Å²) in [4.78, 5) is 4.25. The van der Waals surface area contributed by atoms with Gasteiger partial charge in [0.1, 0.15) is 6.04 Å². The highest BCUT2D eigenvalue weighted by atomic mass is 19.2. The molecule has 27 heavy (non-hydrogen) atoms. The van der Waals surface area contributed by atoms with Gasteiger partial charge in [-0.2, -0.15) is 5.26 Å². The topological polar surface area (TPSA) is 36.1 Å². The maximum atomic E-state index is 13.3. The van der Waals surface area contributed by atoms with Crippen molar-refractivity contribution in [3.05, 3.63) is 95.3 Å². The minimum atomic E-state index is -1.52. The number of rotatable bonds is 5. The first kappa shape index (κ1) is 18.4. The highest BCUT2D eigenvalue weighted by Crippen LogP contribution is 2.22. The van der Waals surface area contributed by atoms with Crippen LogP contribution in [0.4, 0.5) is 13.2 Å². The molecule has 0 aliphatic heterocycles. The molecule has 5 heteroatoms. The zero-order valence-electron chi connectivity index (χ0n) is 14.2. The van der Waals surface area contributed by atoms with E-state index < -0.39 is 23.5 Å². The van der Waals surface area contributed by atoms with Crippen molar-refractivity contribution in [2.45, 2.75) is 12.5 Å². The van der Waals surface area contributed by atoms with E-state index in [1.165, 1.54) is 0 Å². The molecule has 0 saturated heterocycles. The Morgan fingerprint density at radius 3 is 2.22 bits per heavy atom. The molecule has 0 saturated carbocycles. The van der Waals surface area contributed by atoms with Gasteiger partial charge in [0.2, 0.25) is 0 Å². The Bertz CT molecular complexity index is 985. The van der Waals surface area contributed by atoms with E-state index in [1.54, 1.807) is 6.21 Å². The molecule has 1 unspecified atom stereocenters. The van der Waals surface area contributed by atoms with Gasteiger partial charge in [-0.15, -0.1) is 0 Å². The van der Waals surface area contributed by atoms with Crippen molar-refractivity contribution in [3.63, 3.8) is 0 Å². The van der Waals surface area contributed by atoms with Gasteiger partial charge in [-0.3, -0.25) is 4.99 Å². The molecule has 134 valence electrons. The first-order valence-corrected chi connectivity index (χ1v) is 8.29. The molecule has 3 rings (SSSR count). The third kappa shape index (κ3) is 4.42. The Morgan fingerprint density at radius 1 is 0.926 bits per heavy atom. The molecular weight excluding hydrogens is 349 g/mol. The Kier molecular flexibility index (Phi) is 5.68. The van der Waals surface area contributed by atoms with Crippen LogP contribution in [0.3, 0.4) is 0 Å². The van der Waals surface area contributed by atoms with Crippen molar-refractivity contribution in [2.24, 2.45) is 4.99 Å². The van der Waals surface area contributed by atoms with E-state index in [9.17, 15) is 18.4 Å². The van der Waals surface area contributed by atoms with Crippen molar-refractivity contribution >= 4 is 6.21 Å². The second-order valence-corrected chi connectivity index (χ2v) is 5.95. The Labute approximate surface area is 155 Å². The first-order chi connectivity index (χ1) is 13.1. The molecule has 0 spiro atoms. The number of hydrogen-bond acceptors (Lipinski definition) is 2. The summed E-state index contributed by atoms with van der Waals surface area (Å²) in [5.74, 6) is -4.08. The van der Waals surface area contributed by atoms with Crippen LogP contribution in [0.25, 0.3) is 11.1 Å². The van der Waals surface area contributed by atoms with Crippen molar-refractivity contribution < 1.29 is 13.2 Å². The largest absolute Gasteiger partial charge is 0.274 e. The van der Waals surface area contributed by atoms with Crippen molar-refractivity contribution in [1.82, 2.24) is 0 Å². The fourth-order valence-electron chi connectivity index (χ4n) is 2.74. The van der Waals surface area contributed by atoms with Gasteiger partial charge in [-0.25, -0.2) is 13.2 Å². The summed E-state index contributed by atoms with van der Waals surface area (Å²) in [6.07, 6.45) is 1.56. The van der Waals surface area contributed by atoms with Crippen LogP contribution in [0.2, 0.25) is 0 Å². The quantitative estimate of drug-likeness (QED) is 0.446. The predicted octanol–water partition coefficient (Wildman–Crippen LogP) is 5.32. The van der Waals surface area contributed by atoms with Gasteiger partial charge in [0.15, 0.2) is 17.5 Å². The summed E-state index contributed by atoms with van der Waals surface area (Å²) in [5.41, 5.74) is 2.96. The van der Waals surface area contributed by atoms with Gasteiger partial charge in [0.05, 0.1) is 6.07 Å². The molecule has 3 aromatic carbocycles. The van der Waals surface area contributed by atoms with Crippen molar-refractivity contribution in [1.29, 1.82) is 5.26 Å². The maximum Gasteiger partial charge on any atom is 0.194 e. The van der Waals surface area contributed by atoms with E-state index in [-0.39, 0.29) is 12.0 Å². The smallest absolute Gasteiger partial charge is 0.194 e. The summed E-state index contributed by atoms with van der Waals surface area (Å²) in [6, 6.07) is 20.2. The maximum absolute atomic E-state index is 13.3. The lowest BCUT2D eigenvalue weighted by atomic mass is 10.0. The lowest BCUT2D eigenvalue weighted by Gasteiger charge is -2.08. The van der Waals surface area contributed by atoms with Crippen LogP contribution >= 0.6 is 0 Å². The molecule has 2 nitrogen and oxygen atoms in total. The third-order valence-corrected chi connectivity index (χ3v) is 4.06. The van der Waals surface area contributed by atoms with Crippen LogP contribution in [0.15, 0.2) is 71.7 Å². The average Bonchev–Trinajstić information content (AvgIpc) is 2.70. The molecule has 0 N–H and O–H groups in total. The number of aliphatic imine (C=N–C) groups is 1. The monoisotopic (exact) mass is 364 g/mol. The summed E-state index contributed by atoms with van der Waals surface area (Å²) in [6.45, 7) is 0. The van der Waals surface area contributed by atoms with Gasteiger partial charge < -0.3 is 0 Å². The number of benzene rings is 3. The van der Waals surface area contributed by atoms with Gasteiger partial charge in [0.25, 0.3) is 0 Å². The molecule has 0 aliphatic carbocycles. The Morgan fingerprint density at radius 2 is 1.56 bits per heavy atom. The van der Waals surface area contributed by atoms with Crippen LogP contribution in [0, 0.1) is 28.8 Å². The summed E-state index contributed by atoms with van der Waals surface area (Å²) in [5, 5.41) is 9.32. The number of nitrogens with zero attached hydrogens (tertiary/aromatic N) is 2. The lowest BCUT2D eigenvalue weighted by Crippen LogP contribution is -2.08. The minimum absolute atomic E-state index is 0.0192. The zero-order valence-corrected chi connectivity index (χ0v) is 14.2. The van der Waals surface area contributed by atoms with Crippen LogP contribution in [-0.4, -0.2) is 12.3 Å². The van der Waals surface area contributed by atoms with E-state index in [0.717, 1.165) is 28.8 Å². The van der Waals surface area contributed by atoms with E-state index in [2.05, 4.69) is 4.99 Å². The summed E-state index contributed by atoms with van der Waals surface area (Å²) in [7, 11) is 0. The standard InChI is InChI=1S/C22H15F3N2/c23-20-11-15(12-21(24)22(20)25)10-18(13-26)27-14-17-8-4-5-9-19(17)16-6-2-1-3-7-16/h1-9,11-12,14,18H,10H2. The van der Waals surface area contributed by atoms with Crippen molar-refractivity contribution in [2.75, 3.05) is 0 Å². The third-order valence-electron chi connectivity index (χ3n) is 4.06. The second-order valence-electron chi connectivity index (χ2n) is 5.95. The number of nitriles is 1. The zero-order chi connectivity index (χ0) is 19.2. The molecule has 3 aromatic rings. The van der Waals surface area contributed by atoms with Gasteiger partial charge in [-0.05, 0) is 28.8 Å². The fraction of sp³-hybridized carbons (Fsp3) is 0.0909. The molecule has 0 amide bonds. The van der Waals surface area contributed by atoms with Gasteiger partial charge in [0, 0.05) is 18.2 Å². The molecular formula is C22H15F3N2. The second kappa shape index (κ2) is 8.33. The van der Waals surface area contributed by atoms with Crippen molar-refractivity contribution in [3.8, 4) is 17.2 Å². The van der Waals surface area contributed by atoms with Gasteiger partial charge >= 0.3 is 0 Å². The normalized spacial score (nSPS) is 12.1. The van der Waals surface area contributed by atoms with E-state index in [0.29, 0.717) is 0 Å². The van der Waals surface area contributed by atoms with Crippen LogP contribution in [0.5, 0.6) is 0 Å².